The van der Waals surface area contributed by atoms with Gasteiger partial charge in [0.25, 0.3) is 0 Å². The van der Waals surface area contributed by atoms with Gasteiger partial charge in [-0.2, -0.15) is 0 Å². The Labute approximate surface area is 169 Å². The van der Waals surface area contributed by atoms with Crippen LogP contribution in [0.4, 0.5) is 0 Å². The van der Waals surface area contributed by atoms with Gasteiger partial charge in [-0.3, -0.25) is 4.79 Å². The van der Waals surface area contributed by atoms with Crippen LogP contribution in [0.25, 0.3) is 11.0 Å². The molecule has 2 aromatic carbocycles. The summed E-state index contributed by atoms with van der Waals surface area (Å²) in [5, 5.41) is 3.59. The molecule has 3 aromatic rings. The molecule has 1 N–H and O–H groups in total. The van der Waals surface area contributed by atoms with Gasteiger partial charge in [-0.25, -0.2) is 4.79 Å². The van der Waals surface area contributed by atoms with Gasteiger partial charge in [-0.15, -0.1) is 0 Å². The number of carbonyl (C=O) groups is 2. The van der Waals surface area contributed by atoms with Crippen molar-refractivity contribution in [1.82, 2.24) is 5.32 Å². The van der Waals surface area contributed by atoms with Crippen molar-refractivity contribution in [1.29, 1.82) is 0 Å². The van der Waals surface area contributed by atoms with Crippen molar-refractivity contribution in [3.63, 3.8) is 0 Å². The van der Waals surface area contributed by atoms with Crippen LogP contribution in [0.3, 0.4) is 0 Å². The van der Waals surface area contributed by atoms with Crippen molar-refractivity contribution in [2.75, 3.05) is 20.3 Å². The maximum atomic E-state index is 12.4. The van der Waals surface area contributed by atoms with Crippen molar-refractivity contribution in [2.24, 2.45) is 0 Å². The molecule has 1 aromatic heterocycles. The van der Waals surface area contributed by atoms with Crippen LogP contribution in [-0.2, 0) is 27.3 Å². The lowest BCUT2D eigenvalue weighted by Crippen LogP contribution is -2.28. The lowest BCUT2D eigenvalue weighted by molar-refractivity contribution is -0.121. The third-order valence-electron chi connectivity index (χ3n) is 4.59. The molecular weight excluding hydrogens is 370 g/mol. The highest BCUT2D eigenvalue weighted by molar-refractivity contribution is 5.96. The van der Waals surface area contributed by atoms with Gasteiger partial charge in [-0.1, -0.05) is 48.0 Å². The molecule has 0 unspecified atom stereocenters. The number of rotatable bonds is 9. The van der Waals surface area contributed by atoms with Gasteiger partial charge in [0.2, 0.25) is 11.7 Å². The summed E-state index contributed by atoms with van der Waals surface area (Å²) < 4.78 is 16.1. The van der Waals surface area contributed by atoms with Crippen molar-refractivity contribution >= 4 is 22.8 Å². The SMILES string of the molecule is COCc1c(C(=O)OCCNC(=O)CCc2ccc(C)cc2)oc2ccccc12. The van der Waals surface area contributed by atoms with E-state index in [1.807, 2.05) is 49.4 Å². The first-order chi connectivity index (χ1) is 14.1. The minimum Gasteiger partial charge on any atom is -0.458 e. The Morgan fingerprint density at radius 1 is 1.07 bits per heavy atom. The number of para-hydroxylation sites is 1. The summed E-state index contributed by atoms with van der Waals surface area (Å²) in [5.74, 6) is -0.508. The van der Waals surface area contributed by atoms with Crippen LogP contribution in [0.2, 0.25) is 0 Å². The van der Waals surface area contributed by atoms with Crippen LogP contribution in [0, 0.1) is 6.92 Å². The first-order valence-electron chi connectivity index (χ1n) is 9.57. The summed E-state index contributed by atoms with van der Waals surface area (Å²) >= 11 is 0. The van der Waals surface area contributed by atoms with Crippen LogP contribution < -0.4 is 5.32 Å². The molecular formula is C23H25NO5. The number of hydrogen-bond acceptors (Lipinski definition) is 5. The van der Waals surface area contributed by atoms with Crippen molar-refractivity contribution in [3.8, 4) is 0 Å². The third-order valence-corrected chi connectivity index (χ3v) is 4.59. The number of esters is 1. The molecule has 0 radical (unpaired) electrons. The van der Waals surface area contributed by atoms with Crippen LogP contribution in [0.1, 0.15) is 33.7 Å². The molecule has 29 heavy (non-hydrogen) atoms. The van der Waals surface area contributed by atoms with Crippen molar-refractivity contribution in [3.05, 3.63) is 71.0 Å². The average Bonchev–Trinajstić information content (AvgIpc) is 3.10. The standard InChI is InChI=1S/C23H25NO5/c1-16-7-9-17(10-8-16)11-12-21(25)24-13-14-28-23(26)22-19(15-27-2)18-5-3-4-6-20(18)29-22/h3-10H,11-15H2,1-2H3,(H,24,25). The fourth-order valence-corrected chi connectivity index (χ4v) is 3.05. The maximum Gasteiger partial charge on any atom is 0.374 e. The van der Waals surface area contributed by atoms with Crippen LogP contribution in [0.5, 0.6) is 0 Å². The molecule has 0 fully saturated rings. The smallest absolute Gasteiger partial charge is 0.374 e. The Balaban J connectivity index is 1.46. The van der Waals surface area contributed by atoms with Crippen molar-refractivity contribution in [2.45, 2.75) is 26.4 Å². The van der Waals surface area contributed by atoms with Crippen LogP contribution in [0.15, 0.2) is 52.9 Å². The molecule has 0 saturated heterocycles. The molecule has 0 aliphatic heterocycles. The normalized spacial score (nSPS) is 10.8. The summed E-state index contributed by atoms with van der Waals surface area (Å²) in [5.41, 5.74) is 3.58. The zero-order valence-corrected chi connectivity index (χ0v) is 16.7. The summed E-state index contributed by atoms with van der Waals surface area (Å²) in [6, 6.07) is 15.5. The van der Waals surface area contributed by atoms with E-state index < -0.39 is 5.97 Å². The zero-order valence-electron chi connectivity index (χ0n) is 16.7. The van der Waals surface area contributed by atoms with Crippen molar-refractivity contribution < 1.29 is 23.5 Å². The Morgan fingerprint density at radius 3 is 2.59 bits per heavy atom. The number of furan rings is 1. The molecule has 0 saturated carbocycles. The molecule has 152 valence electrons. The Hall–Kier alpha value is -3.12. The van der Waals surface area contributed by atoms with E-state index in [4.69, 9.17) is 13.9 Å². The topological polar surface area (TPSA) is 77.8 Å². The third kappa shape index (κ3) is 5.45. The first-order valence-corrected chi connectivity index (χ1v) is 9.57. The highest BCUT2D eigenvalue weighted by Gasteiger charge is 2.21. The van der Waals surface area contributed by atoms with Gasteiger partial charge < -0.3 is 19.2 Å². The number of amides is 1. The highest BCUT2D eigenvalue weighted by atomic mass is 16.5. The van der Waals surface area contributed by atoms with E-state index in [-0.39, 0.29) is 31.4 Å². The predicted octanol–water partition coefficient (Wildman–Crippen LogP) is 3.79. The molecule has 6 nitrogen and oxygen atoms in total. The van der Waals surface area contributed by atoms with Crippen LogP contribution >= 0.6 is 0 Å². The summed E-state index contributed by atoms with van der Waals surface area (Å²) in [4.78, 5) is 24.4. The van der Waals surface area contributed by atoms with E-state index in [1.54, 1.807) is 13.2 Å². The molecule has 3 rings (SSSR count). The van der Waals surface area contributed by atoms with Gasteiger partial charge in [0.15, 0.2) is 0 Å². The summed E-state index contributed by atoms with van der Waals surface area (Å²) in [6.07, 6.45) is 1.06. The maximum absolute atomic E-state index is 12.4. The molecule has 6 heteroatoms. The van der Waals surface area contributed by atoms with E-state index in [1.165, 1.54) is 5.56 Å². The van der Waals surface area contributed by atoms with E-state index in [0.29, 0.717) is 24.0 Å². The molecule has 0 aliphatic carbocycles. The lowest BCUT2D eigenvalue weighted by atomic mass is 10.1. The Kier molecular flexibility index (Phi) is 7.03. The second kappa shape index (κ2) is 9.89. The minimum absolute atomic E-state index is 0.0680. The van der Waals surface area contributed by atoms with E-state index in [9.17, 15) is 9.59 Å². The van der Waals surface area contributed by atoms with Crippen LogP contribution in [-0.4, -0.2) is 32.1 Å². The van der Waals surface area contributed by atoms with Gasteiger partial charge in [0.1, 0.15) is 12.2 Å². The van der Waals surface area contributed by atoms with Gasteiger partial charge in [-0.05, 0) is 25.0 Å². The number of benzene rings is 2. The fraction of sp³-hybridized carbons (Fsp3) is 0.304. The molecule has 0 atom stereocenters. The lowest BCUT2D eigenvalue weighted by Gasteiger charge is -2.07. The van der Waals surface area contributed by atoms with Gasteiger partial charge >= 0.3 is 5.97 Å². The number of ether oxygens (including phenoxy) is 2. The highest BCUT2D eigenvalue weighted by Crippen LogP contribution is 2.27. The molecule has 0 aliphatic rings. The number of aryl methyl sites for hydroxylation is 2. The summed E-state index contributed by atoms with van der Waals surface area (Å²) in [6.45, 7) is 2.59. The number of fused-ring (bicyclic) bond motifs is 1. The Morgan fingerprint density at radius 2 is 1.83 bits per heavy atom. The van der Waals surface area contributed by atoms with E-state index in [2.05, 4.69) is 5.32 Å². The Bertz CT molecular complexity index is 975. The van der Waals surface area contributed by atoms with Gasteiger partial charge in [0.05, 0.1) is 13.2 Å². The molecule has 0 bridgehead atoms. The number of nitrogens with one attached hydrogen (secondary N) is 1. The number of methoxy groups -OCH3 is 1. The van der Waals surface area contributed by atoms with Gasteiger partial charge in [0, 0.05) is 24.5 Å². The predicted molar refractivity (Wildman–Crippen MR) is 110 cm³/mol. The monoisotopic (exact) mass is 395 g/mol. The quantitative estimate of drug-likeness (QED) is 0.441. The molecule has 1 amide bonds. The fourth-order valence-electron chi connectivity index (χ4n) is 3.05. The van der Waals surface area contributed by atoms with E-state index in [0.717, 1.165) is 10.9 Å². The second-order valence-corrected chi connectivity index (χ2v) is 6.81. The zero-order chi connectivity index (χ0) is 20.6. The summed E-state index contributed by atoms with van der Waals surface area (Å²) in [7, 11) is 1.56. The minimum atomic E-state index is -0.567. The van der Waals surface area contributed by atoms with E-state index >= 15 is 0 Å². The second-order valence-electron chi connectivity index (χ2n) is 6.81. The average molecular weight is 395 g/mol. The first kappa shape index (κ1) is 20.6. The molecule has 0 spiro atoms. The number of hydrogen-bond donors (Lipinski definition) is 1. The largest absolute Gasteiger partial charge is 0.458 e. The molecule has 1 heterocycles. The number of carbonyl (C=O) groups excluding carboxylic acids is 2.